The quantitative estimate of drug-likeness (QED) is 0.870. The van der Waals surface area contributed by atoms with Gasteiger partial charge in [-0.1, -0.05) is 17.7 Å². The van der Waals surface area contributed by atoms with Crippen LogP contribution in [-0.2, 0) is 11.3 Å². The summed E-state index contributed by atoms with van der Waals surface area (Å²) in [5.74, 6) is 0. The summed E-state index contributed by atoms with van der Waals surface area (Å²) in [4.78, 5) is 2.32. The summed E-state index contributed by atoms with van der Waals surface area (Å²) in [6.07, 6.45) is 1.39. The average Bonchev–Trinajstić information content (AvgIpc) is 2.74. The molecule has 1 aromatic carbocycles. The van der Waals surface area contributed by atoms with Crippen LogP contribution >= 0.6 is 0 Å². The highest BCUT2D eigenvalue weighted by Crippen LogP contribution is 2.27. The summed E-state index contributed by atoms with van der Waals surface area (Å²) in [6, 6.07) is 6.95. The van der Waals surface area contributed by atoms with Crippen LogP contribution in [0.2, 0.25) is 0 Å². The molecule has 1 saturated heterocycles. The zero-order valence-corrected chi connectivity index (χ0v) is 10.9. The van der Waals surface area contributed by atoms with E-state index in [1.807, 2.05) is 0 Å². The van der Waals surface area contributed by atoms with Crippen molar-refractivity contribution in [1.29, 1.82) is 0 Å². The van der Waals surface area contributed by atoms with Gasteiger partial charge < -0.3 is 15.4 Å². The number of hydrogen-bond acceptors (Lipinski definition) is 3. The van der Waals surface area contributed by atoms with Crippen LogP contribution in [0.3, 0.4) is 0 Å². The molecule has 3 heteroatoms. The minimum atomic E-state index is 0.298. The van der Waals surface area contributed by atoms with Gasteiger partial charge in [0.2, 0.25) is 0 Å². The van der Waals surface area contributed by atoms with Crippen LogP contribution in [0, 0.1) is 6.92 Å². The summed E-state index contributed by atoms with van der Waals surface area (Å²) in [7, 11) is 2.14. The number of likely N-dealkylation sites (N-methyl/N-ethyl adjacent to an activating group) is 1. The van der Waals surface area contributed by atoms with Crippen molar-refractivity contribution >= 4 is 5.69 Å². The van der Waals surface area contributed by atoms with Crippen molar-refractivity contribution in [2.75, 3.05) is 18.6 Å². The lowest BCUT2D eigenvalue weighted by Crippen LogP contribution is -2.37. The molecule has 17 heavy (non-hydrogen) atoms. The smallest absolute Gasteiger partial charge is 0.0750 e. The molecule has 1 aromatic rings. The molecule has 2 rings (SSSR count). The molecule has 0 amide bonds. The average molecular weight is 234 g/mol. The third-order valence-electron chi connectivity index (χ3n) is 3.67. The van der Waals surface area contributed by atoms with Gasteiger partial charge in [-0.2, -0.15) is 0 Å². The molecule has 1 aliphatic heterocycles. The van der Waals surface area contributed by atoms with Gasteiger partial charge in [-0.05, 0) is 31.9 Å². The maximum absolute atomic E-state index is 5.83. The minimum absolute atomic E-state index is 0.298. The van der Waals surface area contributed by atoms with E-state index in [4.69, 9.17) is 10.5 Å². The Hall–Kier alpha value is -1.06. The Morgan fingerprint density at radius 3 is 2.82 bits per heavy atom. The maximum atomic E-state index is 5.83. The van der Waals surface area contributed by atoms with E-state index in [2.05, 4.69) is 44.0 Å². The zero-order chi connectivity index (χ0) is 12.4. The fourth-order valence-electron chi connectivity index (χ4n) is 2.63. The fourth-order valence-corrected chi connectivity index (χ4v) is 2.63. The lowest BCUT2D eigenvalue weighted by Gasteiger charge is -2.30. The van der Waals surface area contributed by atoms with Crippen LogP contribution in [0.5, 0.6) is 0 Å². The SMILES string of the molecule is Cc1ccc(N(C)C2CCOC2C)c(CN)c1. The number of anilines is 1. The number of ether oxygens (including phenoxy) is 1. The predicted octanol–water partition coefficient (Wildman–Crippen LogP) is 2.07. The Morgan fingerprint density at radius 2 is 2.24 bits per heavy atom. The van der Waals surface area contributed by atoms with Crippen LogP contribution < -0.4 is 10.6 Å². The van der Waals surface area contributed by atoms with Crippen LogP contribution in [0.1, 0.15) is 24.5 Å². The number of benzene rings is 1. The summed E-state index contributed by atoms with van der Waals surface area (Å²) in [5, 5.41) is 0. The summed E-state index contributed by atoms with van der Waals surface area (Å²) < 4.78 is 5.63. The van der Waals surface area contributed by atoms with Crippen molar-refractivity contribution in [3.05, 3.63) is 29.3 Å². The van der Waals surface area contributed by atoms with E-state index < -0.39 is 0 Å². The van der Waals surface area contributed by atoms with E-state index in [0.717, 1.165) is 13.0 Å². The number of nitrogens with two attached hydrogens (primary N) is 1. The van der Waals surface area contributed by atoms with Gasteiger partial charge in [0.1, 0.15) is 0 Å². The van der Waals surface area contributed by atoms with E-state index >= 15 is 0 Å². The van der Waals surface area contributed by atoms with Crippen molar-refractivity contribution in [2.45, 2.75) is 39.0 Å². The molecular formula is C14H22N2O. The van der Waals surface area contributed by atoms with Crippen LogP contribution in [0.4, 0.5) is 5.69 Å². The van der Waals surface area contributed by atoms with E-state index in [1.54, 1.807) is 0 Å². The van der Waals surface area contributed by atoms with Crippen LogP contribution in [0.25, 0.3) is 0 Å². The minimum Gasteiger partial charge on any atom is -0.376 e. The second-order valence-electron chi connectivity index (χ2n) is 4.88. The lowest BCUT2D eigenvalue weighted by molar-refractivity contribution is 0.118. The van der Waals surface area contributed by atoms with E-state index in [-0.39, 0.29) is 0 Å². The van der Waals surface area contributed by atoms with Gasteiger partial charge in [0.15, 0.2) is 0 Å². The number of rotatable bonds is 3. The van der Waals surface area contributed by atoms with Gasteiger partial charge in [-0.15, -0.1) is 0 Å². The standard InChI is InChI=1S/C14H22N2O/c1-10-4-5-14(12(8-10)9-15)16(3)13-6-7-17-11(13)2/h4-5,8,11,13H,6-7,9,15H2,1-3H3. The highest BCUT2D eigenvalue weighted by Gasteiger charge is 2.28. The van der Waals surface area contributed by atoms with Gasteiger partial charge in [-0.25, -0.2) is 0 Å². The summed E-state index contributed by atoms with van der Waals surface area (Å²) >= 11 is 0. The van der Waals surface area contributed by atoms with Crippen LogP contribution in [0.15, 0.2) is 18.2 Å². The van der Waals surface area contributed by atoms with Gasteiger partial charge in [-0.3, -0.25) is 0 Å². The lowest BCUT2D eigenvalue weighted by atomic mass is 10.0. The molecule has 2 unspecified atom stereocenters. The van der Waals surface area contributed by atoms with E-state index in [9.17, 15) is 0 Å². The van der Waals surface area contributed by atoms with Gasteiger partial charge in [0.05, 0.1) is 12.1 Å². The third-order valence-corrected chi connectivity index (χ3v) is 3.67. The van der Waals surface area contributed by atoms with E-state index in [0.29, 0.717) is 18.7 Å². The Kier molecular flexibility index (Phi) is 3.69. The topological polar surface area (TPSA) is 38.5 Å². The molecule has 94 valence electrons. The Bertz CT molecular complexity index is 392. The first-order valence-electron chi connectivity index (χ1n) is 6.27. The highest BCUT2D eigenvalue weighted by molar-refractivity contribution is 5.55. The van der Waals surface area contributed by atoms with Crippen molar-refractivity contribution in [3.8, 4) is 0 Å². The molecule has 2 atom stereocenters. The third kappa shape index (κ3) is 2.45. The van der Waals surface area contributed by atoms with Crippen molar-refractivity contribution in [2.24, 2.45) is 5.73 Å². The van der Waals surface area contributed by atoms with Gasteiger partial charge in [0, 0.05) is 25.9 Å². The number of aryl methyl sites for hydroxylation is 1. The second kappa shape index (κ2) is 5.07. The number of hydrogen-bond donors (Lipinski definition) is 1. The zero-order valence-electron chi connectivity index (χ0n) is 10.9. The molecule has 0 aliphatic carbocycles. The summed E-state index contributed by atoms with van der Waals surface area (Å²) in [5.41, 5.74) is 9.55. The van der Waals surface area contributed by atoms with Crippen molar-refractivity contribution in [1.82, 2.24) is 0 Å². The molecule has 1 fully saturated rings. The van der Waals surface area contributed by atoms with E-state index in [1.165, 1.54) is 16.8 Å². The largest absolute Gasteiger partial charge is 0.376 e. The fraction of sp³-hybridized carbons (Fsp3) is 0.571. The Balaban J connectivity index is 2.26. The predicted molar refractivity (Wildman–Crippen MR) is 71.3 cm³/mol. The molecule has 1 aliphatic rings. The normalized spacial score (nSPS) is 24.0. The maximum Gasteiger partial charge on any atom is 0.0750 e. The Labute approximate surface area is 104 Å². The first kappa shape index (κ1) is 12.4. The first-order chi connectivity index (χ1) is 8.13. The summed E-state index contributed by atoms with van der Waals surface area (Å²) in [6.45, 7) is 5.69. The monoisotopic (exact) mass is 234 g/mol. The van der Waals surface area contributed by atoms with Crippen LogP contribution in [-0.4, -0.2) is 25.8 Å². The van der Waals surface area contributed by atoms with Crippen molar-refractivity contribution in [3.63, 3.8) is 0 Å². The molecule has 2 N–H and O–H groups in total. The van der Waals surface area contributed by atoms with Gasteiger partial charge >= 0.3 is 0 Å². The first-order valence-corrected chi connectivity index (χ1v) is 6.27. The Morgan fingerprint density at radius 1 is 1.47 bits per heavy atom. The van der Waals surface area contributed by atoms with Gasteiger partial charge in [0.25, 0.3) is 0 Å². The second-order valence-corrected chi connectivity index (χ2v) is 4.88. The molecule has 0 radical (unpaired) electrons. The molecule has 0 spiro atoms. The molecule has 0 bridgehead atoms. The molecule has 0 aromatic heterocycles. The highest BCUT2D eigenvalue weighted by atomic mass is 16.5. The molecule has 0 saturated carbocycles. The molecule has 1 heterocycles. The number of nitrogens with zero attached hydrogens (tertiary/aromatic N) is 1. The molecule has 3 nitrogen and oxygen atoms in total. The van der Waals surface area contributed by atoms with Crippen molar-refractivity contribution < 1.29 is 4.74 Å². The molecular weight excluding hydrogens is 212 g/mol.